The normalized spacial score (nSPS) is 10.8. The van der Waals surface area contributed by atoms with Gasteiger partial charge in [0.1, 0.15) is 12.4 Å². The van der Waals surface area contributed by atoms with Crippen LogP contribution in [0.15, 0.2) is 65.2 Å². The van der Waals surface area contributed by atoms with Crippen LogP contribution in [0.2, 0.25) is 0 Å². The number of benzene rings is 2. The summed E-state index contributed by atoms with van der Waals surface area (Å²) in [5.74, 6) is 0.917. The van der Waals surface area contributed by atoms with Crippen molar-refractivity contribution in [3.63, 3.8) is 0 Å². The molecule has 0 aliphatic heterocycles. The summed E-state index contributed by atoms with van der Waals surface area (Å²) in [5, 5.41) is 0.827. The summed E-state index contributed by atoms with van der Waals surface area (Å²) in [4.78, 5) is 12.2. The summed E-state index contributed by atoms with van der Waals surface area (Å²) >= 11 is 6.68. The van der Waals surface area contributed by atoms with Crippen molar-refractivity contribution < 1.29 is 9.53 Å². The van der Waals surface area contributed by atoms with Crippen LogP contribution in [-0.2, 0) is 6.42 Å². The van der Waals surface area contributed by atoms with Gasteiger partial charge in [0, 0.05) is 21.8 Å². The molecule has 0 aliphatic rings. The maximum absolute atomic E-state index is 12.2. The number of alkyl halides is 1. The second-order valence-corrected chi connectivity index (χ2v) is 6.25. The average Bonchev–Trinajstić information content (AvgIpc) is 2.54. The van der Waals surface area contributed by atoms with Gasteiger partial charge < -0.3 is 4.74 Å². The maximum Gasteiger partial charge on any atom is 0.167 e. The van der Waals surface area contributed by atoms with E-state index >= 15 is 0 Å². The lowest BCUT2D eigenvalue weighted by atomic mass is 10.0. The van der Waals surface area contributed by atoms with Gasteiger partial charge in [0.15, 0.2) is 5.78 Å². The fourth-order valence-corrected chi connectivity index (χ4v) is 2.43. The molecule has 4 heteroatoms. The molecule has 2 aromatic rings. The molecule has 22 heavy (non-hydrogen) atoms. The summed E-state index contributed by atoms with van der Waals surface area (Å²) in [7, 11) is 0. The zero-order chi connectivity index (χ0) is 15.8. The third-order valence-corrected chi connectivity index (χ3v) is 3.96. The van der Waals surface area contributed by atoms with Crippen LogP contribution in [0.1, 0.15) is 15.9 Å². The second kappa shape index (κ2) is 8.91. The number of hydrogen-bond donors (Lipinski definition) is 0. The van der Waals surface area contributed by atoms with E-state index in [0.29, 0.717) is 13.0 Å². The highest BCUT2D eigenvalue weighted by Gasteiger charge is 2.07. The molecule has 0 aromatic heterocycles. The Bertz CT molecular complexity index is 631. The largest absolute Gasteiger partial charge is 0.490 e. The fraction of sp³-hybridized carbons (Fsp3) is 0.167. The lowest BCUT2D eigenvalue weighted by Gasteiger charge is -2.05. The number of hydrogen-bond acceptors (Lipinski definition) is 2. The molecule has 2 rings (SSSR count). The van der Waals surface area contributed by atoms with E-state index < -0.39 is 0 Å². The van der Waals surface area contributed by atoms with Crippen molar-refractivity contribution in [3.8, 4) is 5.75 Å². The Kier molecular flexibility index (Phi) is 6.87. The zero-order valence-electron chi connectivity index (χ0n) is 12.0. The van der Waals surface area contributed by atoms with Crippen LogP contribution in [0.5, 0.6) is 5.75 Å². The minimum Gasteiger partial charge on any atom is -0.490 e. The molecule has 0 heterocycles. The summed E-state index contributed by atoms with van der Waals surface area (Å²) in [5.41, 5.74) is 1.71. The summed E-state index contributed by atoms with van der Waals surface area (Å²) in [6, 6.07) is 15.1. The molecule has 0 aliphatic carbocycles. The second-order valence-electron chi connectivity index (χ2n) is 4.69. The Morgan fingerprint density at radius 3 is 2.32 bits per heavy atom. The van der Waals surface area contributed by atoms with Crippen LogP contribution in [0.4, 0.5) is 0 Å². The lowest BCUT2D eigenvalue weighted by molar-refractivity contribution is 0.0993. The van der Waals surface area contributed by atoms with Crippen molar-refractivity contribution in [2.75, 3.05) is 11.9 Å². The van der Waals surface area contributed by atoms with Crippen LogP contribution in [0.25, 0.3) is 0 Å². The number of carbonyl (C=O) groups excluding carboxylic acids is 1. The van der Waals surface area contributed by atoms with Crippen LogP contribution in [-0.4, -0.2) is 17.7 Å². The standard InChI is InChI=1S/C18H16Br2O2/c19-11-1-2-12-22-17-9-3-14(4-10-17)13-18(21)15-5-7-16(20)8-6-15/h1-10H,11-13H2/b2-1+. The van der Waals surface area contributed by atoms with Gasteiger partial charge in [-0.05, 0) is 29.8 Å². The first kappa shape index (κ1) is 17.0. The van der Waals surface area contributed by atoms with E-state index in [-0.39, 0.29) is 5.78 Å². The number of rotatable bonds is 7. The van der Waals surface area contributed by atoms with E-state index in [1.54, 1.807) is 0 Å². The number of Topliss-reactive ketones (excluding diaryl/α,β-unsaturated/α-hetero) is 1. The van der Waals surface area contributed by atoms with E-state index in [0.717, 1.165) is 26.7 Å². The van der Waals surface area contributed by atoms with Crippen LogP contribution >= 0.6 is 31.9 Å². The number of ether oxygens (including phenoxy) is 1. The topological polar surface area (TPSA) is 26.3 Å². The molecule has 0 saturated carbocycles. The van der Waals surface area contributed by atoms with Gasteiger partial charge in [0.25, 0.3) is 0 Å². The monoisotopic (exact) mass is 422 g/mol. The zero-order valence-corrected chi connectivity index (χ0v) is 15.1. The number of ketones is 1. The lowest BCUT2D eigenvalue weighted by Crippen LogP contribution is -2.03. The molecule has 0 amide bonds. The summed E-state index contributed by atoms with van der Waals surface area (Å²) in [6.45, 7) is 0.544. The molecule has 0 unspecified atom stereocenters. The van der Waals surface area contributed by atoms with E-state index in [4.69, 9.17) is 4.74 Å². The number of halogens is 2. The molecular formula is C18H16Br2O2. The minimum absolute atomic E-state index is 0.112. The van der Waals surface area contributed by atoms with E-state index in [9.17, 15) is 4.79 Å². The van der Waals surface area contributed by atoms with E-state index in [1.807, 2.05) is 60.7 Å². The summed E-state index contributed by atoms with van der Waals surface area (Å²) < 4.78 is 6.54. The van der Waals surface area contributed by atoms with Crippen LogP contribution < -0.4 is 4.74 Å². The van der Waals surface area contributed by atoms with Crippen molar-refractivity contribution in [1.29, 1.82) is 0 Å². The van der Waals surface area contributed by atoms with Crippen LogP contribution in [0, 0.1) is 0 Å². The first-order valence-electron chi connectivity index (χ1n) is 6.90. The molecule has 0 N–H and O–H groups in total. The van der Waals surface area contributed by atoms with Gasteiger partial charge in [-0.1, -0.05) is 68.3 Å². The molecule has 0 bridgehead atoms. The number of carbonyl (C=O) groups is 1. The van der Waals surface area contributed by atoms with E-state index in [2.05, 4.69) is 31.9 Å². The van der Waals surface area contributed by atoms with Gasteiger partial charge in [-0.3, -0.25) is 4.79 Å². The fourth-order valence-electron chi connectivity index (χ4n) is 1.90. The Labute approximate surface area is 147 Å². The van der Waals surface area contributed by atoms with E-state index in [1.165, 1.54) is 0 Å². The highest BCUT2D eigenvalue weighted by Crippen LogP contribution is 2.16. The Balaban J connectivity index is 1.91. The van der Waals surface area contributed by atoms with Crippen molar-refractivity contribution in [2.24, 2.45) is 0 Å². The Hall–Kier alpha value is -1.39. The molecule has 0 saturated heterocycles. The van der Waals surface area contributed by atoms with Crippen molar-refractivity contribution >= 4 is 37.6 Å². The number of allylic oxidation sites excluding steroid dienone is 1. The molecule has 2 nitrogen and oxygen atoms in total. The van der Waals surface area contributed by atoms with Gasteiger partial charge in [-0.2, -0.15) is 0 Å². The van der Waals surface area contributed by atoms with Crippen molar-refractivity contribution in [1.82, 2.24) is 0 Å². The predicted octanol–water partition coefficient (Wildman–Crippen LogP) is 5.20. The third kappa shape index (κ3) is 5.43. The van der Waals surface area contributed by atoms with Crippen molar-refractivity contribution in [3.05, 3.63) is 76.3 Å². The molecule has 0 radical (unpaired) electrons. The highest BCUT2D eigenvalue weighted by molar-refractivity contribution is 9.10. The van der Waals surface area contributed by atoms with Gasteiger partial charge >= 0.3 is 0 Å². The first-order chi connectivity index (χ1) is 10.7. The minimum atomic E-state index is 0.112. The highest BCUT2D eigenvalue weighted by atomic mass is 79.9. The molecule has 114 valence electrons. The van der Waals surface area contributed by atoms with Gasteiger partial charge in [0.05, 0.1) is 0 Å². The average molecular weight is 424 g/mol. The SMILES string of the molecule is O=C(Cc1ccc(OC/C=C/CBr)cc1)c1ccc(Br)cc1. The Morgan fingerprint density at radius 2 is 1.68 bits per heavy atom. The van der Waals surface area contributed by atoms with Gasteiger partial charge in [-0.25, -0.2) is 0 Å². The quantitative estimate of drug-likeness (QED) is 0.347. The van der Waals surface area contributed by atoms with Gasteiger partial charge in [0.2, 0.25) is 0 Å². The molecule has 0 atom stereocenters. The van der Waals surface area contributed by atoms with Gasteiger partial charge in [-0.15, -0.1) is 0 Å². The smallest absolute Gasteiger partial charge is 0.167 e. The molecule has 2 aromatic carbocycles. The van der Waals surface area contributed by atoms with Crippen LogP contribution in [0.3, 0.4) is 0 Å². The third-order valence-electron chi connectivity index (χ3n) is 3.06. The summed E-state index contributed by atoms with van der Waals surface area (Å²) in [6.07, 6.45) is 4.34. The van der Waals surface area contributed by atoms with Crippen molar-refractivity contribution in [2.45, 2.75) is 6.42 Å². The first-order valence-corrected chi connectivity index (χ1v) is 8.82. The molecular weight excluding hydrogens is 408 g/mol. The predicted molar refractivity (Wildman–Crippen MR) is 97.0 cm³/mol. The molecule has 0 spiro atoms. The molecule has 0 fully saturated rings. The Morgan fingerprint density at radius 1 is 1.00 bits per heavy atom. The maximum atomic E-state index is 12.2.